The number of alkyl halides is 3. The number of fused-ring (bicyclic) bond motifs is 1. The zero-order valence-electron chi connectivity index (χ0n) is 13.0. The van der Waals surface area contributed by atoms with Crippen LogP contribution in [0.15, 0.2) is 35.5 Å². The van der Waals surface area contributed by atoms with E-state index >= 15 is 0 Å². The smallest absolute Gasteiger partial charge is 0.430 e. The third-order valence-electron chi connectivity index (χ3n) is 3.91. The number of hydrogen-bond acceptors (Lipinski definition) is 4. The molecule has 1 aromatic carbocycles. The molecule has 2 aromatic rings. The monoisotopic (exact) mass is 355 g/mol. The molecule has 9 heteroatoms. The van der Waals surface area contributed by atoms with E-state index in [9.17, 15) is 22.4 Å². The topological polar surface area (TPSA) is 67.3 Å². The first-order valence-electron chi connectivity index (χ1n) is 7.44. The summed E-state index contributed by atoms with van der Waals surface area (Å²) in [4.78, 5) is 15.8. The Morgan fingerprint density at radius 1 is 1.28 bits per heavy atom. The summed E-state index contributed by atoms with van der Waals surface area (Å²) in [6, 6.07) is 5.36. The van der Waals surface area contributed by atoms with Gasteiger partial charge in [-0.2, -0.15) is 18.3 Å². The minimum Gasteiger partial charge on any atom is -0.465 e. The minimum atomic E-state index is -4.89. The lowest BCUT2D eigenvalue weighted by Crippen LogP contribution is -2.42. The molecule has 3 rings (SSSR count). The normalized spacial score (nSPS) is 20.0. The van der Waals surface area contributed by atoms with Crippen molar-refractivity contribution in [2.75, 3.05) is 6.61 Å². The zero-order chi connectivity index (χ0) is 18.2. The fourth-order valence-electron chi connectivity index (χ4n) is 2.93. The van der Waals surface area contributed by atoms with Crippen molar-refractivity contribution in [3.8, 4) is 0 Å². The van der Waals surface area contributed by atoms with E-state index in [1.807, 2.05) is 0 Å². The summed E-state index contributed by atoms with van der Waals surface area (Å²) >= 11 is 0. The highest BCUT2D eigenvalue weighted by atomic mass is 19.4. The van der Waals surface area contributed by atoms with Gasteiger partial charge in [0.1, 0.15) is 17.4 Å². The van der Waals surface area contributed by atoms with Gasteiger partial charge in [0.2, 0.25) is 0 Å². The number of carbonyl (C=O) groups excluding carboxylic acids is 1. The highest BCUT2D eigenvalue weighted by Crippen LogP contribution is 2.45. The molecule has 132 valence electrons. The van der Waals surface area contributed by atoms with E-state index in [1.54, 1.807) is 0 Å². The maximum Gasteiger partial charge on any atom is 0.430 e. The standard InChI is InChI=1S/C16H13F4N3O2/c1-2-25-15(24)12-11(8-5-3-4-6-10(8)17)9-7-21-23-14(9)22-13(12)16(18,19)20/h3-7,11-12H,2H2,1H3,(H,21,23). The molecule has 0 radical (unpaired) electrons. The summed E-state index contributed by atoms with van der Waals surface area (Å²) in [5.41, 5.74) is -1.19. The van der Waals surface area contributed by atoms with Crippen LogP contribution < -0.4 is 0 Å². The van der Waals surface area contributed by atoms with Gasteiger partial charge in [-0.3, -0.25) is 9.89 Å². The van der Waals surface area contributed by atoms with Crippen LogP contribution in [0.4, 0.5) is 23.4 Å². The Morgan fingerprint density at radius 3 is 2.64 bits per heavy atom. The van der Waals surface area contributed by atoms with Crippen molar-refractivity contribution >= 4 is 17.5 Å². The molecule has 0 spiro atoms. The molecule has 1 N–H and O–H groups in total. The van der Waals surface area contributed by atoms with Gasteiger partial charge in [0.05, 0.1) is 12.8 Å². The van der Waals surface area contributed by atoms with Crippen LogP contribution in [0, 0.1) is 11.7 Å². The lowest BCUT2D eigenvalue weighted by atomic mass is 9.76. The molecule has 5 nitrogen and oxygen atoms in total. The van der Waals surface area contributed by atoms with Crippen LogP contribution >= 0.6 is 0 Å². The average molecular weight is 355 g/mol. The maximum atomic E-state index is 14.3. The molecule has 2 atom stereocenters. The number of H-pyrrole nitrogens is 1. The highest BCUT2D eigenvalue weighted by Gasteiger charge is 2.52. The van der Waals surface area contributed by atoms with E-state index in [0.717, 1.165) is 6.07 Å². The molecule has 0 saturated heterocycles. The van der Waals surface area contributed by atoms with Gasteiger partial charge < -0.3 is 4.74 Å². The van der Waals surface area contributed by atoms with Crippen LogP contribution in [-0.4, -0.2) is 34.7 Å². The molecular weight excluding hydrogens is 342 g/mol. The summed E-state index contributed by atoms with van der Waals surface area (Å²) < 4.78 is 59.7. The van der Waals surface area contributed by atoms with Gasteiger partial charge >= 0.3 is 12.1 Å². The third-order valence-corrected chi connectivity index (χ3v) is 3.91. The molecule has 2 unspecified atom stereocenters. The van der Waals surface area contributed by atoms with E-state index in [4.69, 9.17) is 4.74 Å². The fourth-order valence-corrected chi connectivity index (χ4v) is 2.93. The Labute approximate surface area is 139 Å². The summed E-state index contributed by atoms with van der Waals surface area (Å²) in [6.07, 6.45) is -3.64. The molecule has 0 fully saturated rings. The Kier molecular flexibility index (Phi) is 4.32. The number of nitrogens with one attached hydrogen (secondary N) is 1. The van der Waals surface area contributed by atoms with Gasteiger partial charge in [0, 0.05) is 11.5 Å². The van der Waals surface area contributed by atoms with E-state index in [1.165, 1.54) is 31.3 Å². The first-order valence-corrected chi connectivity index (χ1v) is 7.44. The largest absolute Gasteiger partial charge is 0.465 e. The molecule has 0 aliphatic carbocycles. The van der Waals surface area contributed by atoms with E-state index in [-0.39, 0.29) is 23.6 Å². The molecule has 0 amide bonds. The number of ether oxygens (including phenoxy) is 1. The van der Waals surface area contributed by atoms with Crippen molar-refractivity contribution in [1.29, 1.82) is 0 Å². The van der Waals surface area contributed by atoms with Gasteiger partial charge in [-0.1, -0.05) is 18.2 Å². The Balaban J connectivity index is 2.24. The maximum absolute atomic E-state index is 14.3. The van der Waals surface area contributed by atoms with Crippen molar-refractivity contribution < 1.29 is 27.1 Å². The zero-order valence-corrected chi connectivity index (χ0v) is 13.0. The molecule has 25 heavy (non-hydrogen) atoms. The number of hydrogen-bond donors (Lipinski definition) is 1. The molecule has 1 aromatic heterocycles. The van der Waals surface area contributed by atoms with Crippen molar-refractivity contribution in [3.63, 3.8) is 0 Å². The molecule has 0 saturated carbocycles. The predicted octanol–water partition coefficient (Wildman–Crippen LogP) is 3.51. The molecule has 0 bridgehead atoms. The van der Waals surface area contributed by atoms with Gasteiger partial charge in [-0.05, 0) is 18.6 Å². The molecule has 1 aliphatic heterocycles. The second-order valence-corrected chi connectivity index (χ2v) is 5.40. The van der Waals surface area contributed by atoms with Crippen LogP contribution in [0.3, 0.4) is 0 Å². The molecular formula is C16H13F4N3O2. The fraction of sp³-hybridized carbons (Fsp3) is 0.312. The lowest BCUT2D eigenvalue weighted by Gasteiger charge is -2.31. The van der Waals surface area contributed by atoms with Crippen LogP contribution in [0.2, 0.25) is 0 Å². The number of nitrogens with zero attached hydrogens (tertiary/aromatic N) is 2. The van der Waals surface area contributed by atoms with E-state index in [0.29, 0.717) is 0 Å². The third kappa shape index (κ3) is 3.01. The number of benzene rings is 1. The highest BCUT2D eigenvalue weighted by molar-refractivity contribution is 6.08. The SMILES string of the molecule is CCOC(=O)C1C(C(F)(F)F)=Nc2[nH]ncc2C1c1ccccc1F. The second kappa shape index (κ2) is 6.30. The number of rotatable bonds is 3. The van der Waals surface area contributed by atoms with Crippen molar-refractivity contribution in [3.05, 3.63) is 47.4 Å². The van der Waals surface area contributed by atoms with Crippen molar-refractivity contribution in [2.24, 2.45) is 10.9 Å². The Bertz CT molecular complexity index is 829. The molecule has 1 aliphatic rings. The Hall–Kier alpha value is -2.71. The van der Waals surface area contributed by atoms with E-state index in [2.05, 4.69) is 15.2 Å². The van der Waals surface area contributed by atoms with Crippen LogP contribution in [0.25, 0.3) is 0 Å². The second-order valence-electron chi connectivity index (χ2n) is 5.40. The first kappa shape index (κ1) is 17.1. The summed E-state index contributed by atoms with van der Waals surface area (Å²) in [5.74, 6) is -5.05. The summed E-state index contributed by atoms with van der Waals surface area (Å²) in [5, 5.41) is 6.05. The number of aromatic nitrogens is 2. The van der Waals surface area contributed by atoms with Gasteiger partial charge in [0.15, 0.2) is 5.82 Å². The van der Waals surface area contributed by atoms with Crippen LogP contribution in [0.5, 0.6) is 0 Å². The van der Waals surface area contributed by atoms with Crippen molar-refractivity contribution in [2.45, 2.75) is 19.0 Å². The minimum absolute atomic E-state index is 0.0557. The predicted molar refractivity (Wildman–Crippen MR) is 80.1 cm³/mol. The number of carbonyl (C=O) groups is 1. The first-order chi connectivity index (χ1) is 11.8. The van der Waals surface area contributed by atoms with Crippen molar-refractivity contribution in [1.82, 2.24) is 10.2 Å². The number of esters is 1. The number of aromatic amines is 1. The van der Waals surface area contributed by atoms with Crippen LogP contribution in [-0.2, 0) is 9.53 Å². The van der Waals surface area contributed by atoms with Gasteiger partial charge in [0.25, 0.3) is 0 Å². The number of halogens is 4. The Morgan fingerprint density at radius 2 is 2.00 bits per heavy atom. The molecule has 2 heterocycles. The summed E-state index contributed by atoms with van der Waals surface area (Å²) in [7, 11) is 0. The number of aliphatic imine (C=N–C) groups is 1. The lowest BCUT2D eigenvalue weighted by molar-refractivity contribution is -0.147. The van der Waals surface area contributed by atoms with Gasteiger partial charge in [-0.15, -0.1) is 0 Å². The summed E-state index contributed by atoms with van der Waals surface area (Å²) in [6.45, 7) is 1.37. The van der Waals surface area contributed by atoms with Gasteiger partial charge in [-0.25, -0.2) is 9.38 Å². The van der Waals surface area contributed by atoms with E-state index < -0.39 is 35.5 Å². The average Bonchev–Trinajstić information content (AvgIpc) is 3.01. The van der Waals surface area contributed by atoms with Crippen LogP contribution in [0.1, 0.15) is 24.0 Å². The quantitative estimate of drug-likeness (QED) is 0.677.